The summed E-state index contributed by atoms with van der Waals surface area (Å²) in [7, 11) is 0. The van der Waals surface area contributed by atoms with Crippen molar-refractivity contribution in [2.45, 2.75) is 12.8 Å². The van der Waals surface area contributed by atoms with E-state index in [4.69, 9.17) is 6.42 Å². The molecule has 0 saturated carbocycles. The quantitative estimate of drug-likeness (QED) is 0.602. The highest BCUT2D eigenvalue weighted by molar-refractivity contribution is 5.28. The van der Waals surface area contributed by atoms with Gasteiger partial charge in [0.05, 0.1) is 6.54 Å². The van der Waals surface area contributed by atoms with Gasteiger partial charge in [-0.15, -0.1) is 6.42 Å². The van der Waals surface area contributed by atoms with E-state index >= 15 is 0 Å². The molecular formula is C13H15N. The van der Waals surface area contributed by atoms with Crippen molar-refractivity contribution < 1.29 is 0 Å². The van der Waals surface area contributed by atoms with E-state index in [1.54, 1.807) is 0 Å². The van der Waals surface area contributed by atoms with Crippen LogP contribution in [0, 0.1) is 12.3 Å². The summed E-state index contributed by atoms with van der Waals surface area (Å²) in [6.45, 7) is 2.98. The molecule has 0 aliphatic carbocycles. The highest BCUT2D eigenvalue weighted by atomic mass is 15.1. The first-order valence-corrected chi connectivity index (χ1v) is 5.13. The lowest BCUT2D eigenvalue weighted by molar-refractivity contribution is 0.323. The molecule has 1 aromatic carbocycles. The lowest BCUT2D eigenvalue weighted by atomic mass is 10.0. The van der Waals surface area contributed by atoms with Crippen molar-refractivity contribution in [3.63, 3.8) is 0 Å². The van der Waals surface area contributed by atoms with Crippen LogP contribution in [0.4, 0.5) is 0 Å². The molecule has 14 heavy (non-hydrogen) atoms. The minimum atomic E-state index is 0.786. The fourth-order valence-electron chi connectivity index (χ4n) is 2.00. The number of nitrogens with zero attached hydrogens (tertiary/aromatic N) is 1. The normalized spacial score (nSPS) is 16.8. The van der Waals surface area contributed by atoms with E-state index in [1.165, 1.54) is 11.1 Å². The number of terminal acetylenes is 1. The van der Waals surface area contributed by atoms with Crippen LogP contribution in [0.5, 0.6) is 0 Å². The van der Waals surface area contributed by atoms with E-state index in [0.717, 1.165) is 32.5 Å². The average molecular weight is 185 g/mol. The Hall–Kier alpha value is -1.26. The smallest absolute Gasteiger partial charge is 0.0599 e. The van der Waals surface area contributed by atoms with Crippen molar-refractivity contribution in [3.8, 4) is 12.3 Å². The van der Waals surface area contributed by atoms with Gasteiger partial charge >= 0.3 is 0 Å². The van der Waals surface area contributed by atoms with E-state index in [2.05, 4.69) is 35.1 Å². The zero-order valence-corrected chi connectivity index (χ0v) is 8.37. The molecule has 0 spiro atoms. The van der Waals surface area contributed by atoms with Gasteiger partial charge in [-0.2, -0.15) is 0 Å². The minimum absolute atomic E-state index is 0.786. The Morgan fingerprint density at radius 2 is 1.71 bits per heavy atom. The summed E-state index contributed by atoms with van der Waals surface area (Å²) in [4.78, 5) is 2.35. The van der Waals surface area contributed by atoms with Crippen LogP contribution < -0.4 is 0 Å². The molecule has 0 radical (unpaired) electrons. The minimum Gasteiger partial charge on any atom is -0.292 e. The molecule has 1 nitrogen and oxygen atoms in total. The van der Waals surface area contributed by atoms with E-state index in [0.29, 0.717) is 0 Å². The molecule has 2 rings (SSSR count). The maximum atomic E-state index is 5.32. The zero-order chi connectivity index (χ0) is 9.80. The molecule has 1 heterocycles. The average Bonchev–Trinajstić information content (AvgIpc) is 2.42. The summed E-state index contributed by atoms with van der Waals surface area (Å²) in [5, 5.41) is 0. The Labute approximate surface area is 85.7 Å². The molecule has 0 aromatic heterocycles. The lowest BCUT2D eigenvalue weighted by Crippen LogP contribution is -2.26. The van der Waals surface area contributed by atoms with Gasteiger partial charge in [0.2, 0.25) is 0 Å². The first kappa shape index (κ1) is 9.30. The monoisotopic (exact) mass is 185 g/mol. The van der Waals surface area contributed by atoms with Gasteiger partial charge in [0.1, 0.15) is 0 Å². The van der Waals surface area contributed by atoms with Crippen LogP contribution in [-0.2, 0) is 12.8 Å². The second kappa shape index (κ2) is 4.30. The number of hydrogen-bond donors (Lipinski definition) is 0. The van der Waals surface area contributed by atoms with Crippen LogP contribution in [-0.4, -0.2) is 24.5 Å². The first-order chi connectivity index (χ1) is 6.90. The van der Waals surface area contributed by atoms with Gasteiger partial charge in [0, 0.05) is 13.1 Å². The fourth-order valence-corrected chi connectivity index (χ4v) is 2.00. The molecule has 0 atom stereocenters. The van der Waals surface area contributed by atoms with Gasteiger partial charge < -0.3 is 0 Å². The standard InChI is InChI=1S/C13H15N/c1-2-9-14-10-7-12-5-3-4-6-13(12)8-11-14/h1,3-6H,7-11H2. The third-order valence-electron chi connectivity index (χ3n) is 2.83. The Kier molecular flexibility index (Phi) is 2.86. The first-order valence-electron chi connectivity index (χ1n) is 5.13. The van der Waals surface area contributed by atoms with Crippen LogP contribution in [0.25, 0.3) is 0 Å². The van der Waals surface area contributed by atoms with Crippen LogP contribution in [0.3, 0.4) is 0 Å². The van der Waals surface area contributed by atoms with Crippen LogP contribution in [0.15, 0.2) is 24.3 Å². The molecule has 0 fully saturated rings. The molecular weight excluding hydrogens is 170 g/mol. The zero-order valence-electron chi connectivity index (χ0n) is 8.37. The van der Waals surface area contributed by atoms with Crippen molar-refractivity contribution in [2.75, 3.05) is 19.6 Å². The van der Waals surface area contributed by atoms with Crippen molar-refractivity contribution in [3.05, 3.63) is 35.4 Å². The highest BCUT2D eigenvalue weighted by Crippen LogP contribution is 2.14. The molecule has 1 heteroatoms. The summed E-state index contributed by atoms with van der Waals surface area (Å²) in [6, 6.07) is 8.70. The largest absolute Gasteiger partial charge is 0.292 e. The Balaban J connectivity index is 2.11. The number of rotatable bonds is 1. The van der Waals surface area contributed by atoms with Gasteiger partial charge in [0.15, 0.2) is 0 Å². The van der Waals surface area contributed by atoms with Crippen LogP contribution >= 0.6 is 0 Å². The topological polar surface area (TPSA) is 3.24 Å². The predicted molar refractivity (Wildman–Crippen MR) is 59.1 cm³/mol. The van der Waals surface area contributed by atoms with Crippen LogP contribution in [0.1, 0.15) is 11.1 Å². The van der Waals surface area contributed by atoms with E-state index in [9.17, 15) is 0 Å². The molecule has 0 bridgehead atoms. The SMILES string of the molecule is C#CCN1CCc2ccccc2CC1. The summed E-state index contributed by atoms with van der Waals surface area (Å²) in [5.41, 5.74) is 2.99. The molecule has 1 aliphatic rings. The Morgan fingerprint density at radius 1 is 1.14 bits per heavy atom. The van der Waals surface area contributed by atoms with Gasteiger partial charge in [-0.1, -0.05) is 30.2 Å². The third kappa shape index (κ3) is 1.97. The number of hydrogen-bond acceptors (Lipinski definition) is 1. The second-order valence-electron chi connectivity index (χ2n) is 3.75. The predicted octanol–water partition coefficient (Wildman–Crippen LogP) is 1.72. The maximum absolute atomic E-state index is 5.32. The van der Waals surface area contributed by atoms with Gasteiger partial charge in [0.25, 0.3) is 0 Å². The van der Waals surface area contributed by atoms with Gasteiger partial charge in [-0.05, 0) is 24.0 Å². The summed E-state index contributed by atoms with van der Waals surface area (Å²) < 4.78 is 0. The van der Waals surface area contributed by atoms with E-state index < -0.39 is 0 Å². The Bertz CT molecular complexity index is 321. The highest BCUT2D eigenvalue weighted by Gasteiger charge is 2.11. The summed E-state index contributed by atoms with van der Waals surface area (Å²) >= 11 is 0. The molecule has 72 valence electrons. The van der Waals surface area contributed by atoms with Crippen molar-refractivity contribution in [1.82, 2.24) is 4.90 Å². The number of benzene rings is 1. The molecule has 1 aliphatic heterocycles. The fraction of sp³-hybridized carbons (Fsp3) is 0.385. The van der Waals surface area contributed by atoms with Crippen molar-refractivity contribution in [1.29, 1.82) is 0 Å². The molecule has 0 N–H and O–H groups in total. The molecule has 0 unspecified atom stereocenters. The Morgan fingerprint density at radius 3 is 2.21 bits per heavy atom. The molecule has 0 amide bonds. The molecule has 0 saturated heterocycles. The van der Waals surface area contributed by atoms with Crippen LogP contribution in [0.2, 0.25) is 0 Å². The third-order valence-corrected chi connectivity index (χ3v) is 2.83. The summed E-state index contributed by atoms with van der Waals surface area (Å²) in [5.74, 6) is 2.72. The lowest BCUT2D eigenvalue weighted by Gasteiger charge is -2.15. The van der Waals surface area contributed by atoms with Gasteiger partial charge in [-0.3, -0.25) is 4.90 Å². The summed E-state index contributed by atoms with van der Waals surface area (Å²) in [6.07, 6.45) is 7.60. The maximum Gasteiger partial charge on any atom is 0.0599 e. The second-order valence-corrected chi connectivity index (χ2v) is 3.75. The van der Waals surface area contributed by atoms with Gasteiger partial charge in [-0.25, -0.2) is 0 Å². The van der Waals surface area contributed by atoms with Crippen molar-refractivity contribution in [2.24, 2.45) is 0 Å². The van der Waals surface area contributed by atoms with E-state index in [1.807, 2.05) is 0 Å². The van der Waals surface area contributed by atoms with Crippen molar-refractivity contribution >= 4 is 0 Å². The number of fused-ring (bicyclic) bond motifs is 1. The van der Waals surface area contributed by atoms with E-state index in [-0.39, 0.29) is 0 Å². The molecule has 1 aromatic rings.